The van der Waals surface area contributed by atoms with Crippen molar-refractivity contribution in [3.8, 4) is 5.69 Å². The summed E-state index contributed by atoms with van der Waals surface area (Å²) in [5, 5.41) is 8.27. The van der Waals surface area contributed by atoms with E-state index in [0.29, 0.717) is 22.3 Å². The molecule has 172 valence electrons. The smallest absolute Gasteiger partial charge is 0.285 e. The maximum Gasteiger partial charge on any atom is 0.417 e. The molecule has 0 amide bonds. The Labute approximate surface area is 195 Å². The first-order chi connectivity index (χ1) is 16.2. The van der Waals surface area contributed by atoms with Crippen molar-refractivity contribution < 1.29 is 17.7 Å². The van der Waals surface area contributed by atoms with Gasteiger partial charge < -0.3 is 0 Å². The molecule has 0 aliphatic carbocycles. The molecular formula is C23H18F3N6OS+. The molecule has 0 aliphatic rings. The zero-order valence-corrected chi connectivity index (χ0v) is 18.9. The second kappa shape index (κ2) is 8.17. The van der Waals surface area contributed by atoms with Crippen LogP contribution in [0, 0.1) is 6.92 Å². The van der Waals surface area contributed by atoms with Gasteiger partial charge in [0.25, 0.3) is 5.56 Å². The molecule has 34 heavy (non-hydrogen) atoms. The lowest BCUT2D eigenvalue weighted by Crippen LogP contribution is -2.33. The minimum Gasteiger partial charge on any atom is -0.285 e. The number of nitrogens with zero attached hydrogens (tertiary/aromatic N) is 5. The Balaban J connectivity index is 1.73. The van der Waals surface area contributed by atoms with Crippen LogP contribution in [0.15, 0.2) is 65.7 Å². The van der Waals surface area contributed by atoms with Crippen molar-refractivity contribution in [3.05, 3.63) is 87.5 Å². The monoisotopic (exact) mass is 483 g/mol. The van der Waals surface area contributed by atoms with Crippen LogP contribution < -0.4 is 15.4 Å². The molecular weight excluding hydrogens is 465 g/mol. The first-order valence-corrected chi connectivity index (χ1v) is 11.1. The Morgan fingerprint density at radius 2 is 1.85 bits per heavy atom. The SMILES string of the molecule is Cc1n[n+]2c(N[C@@H](C)c3cc4cccc(C(F)(F)F)c4c(=O)n3-c3ccccc3)ncnc2s1. The molecule has 5 rings (SSSR count). The van der Waals surface area contributed by atoms with Crippen LogP contribution >= 0.6 is 11.3 Å². The molecule has 0 fully saturated rings. The van der Waals surface area contributed by atoms with Gasteiger partial charge in [0.05, 0.1) is 16.6 Å². The van der Waals surface area contributed by atoms with Crippen molar-refractivity contribution in [2.75, 3.05) is 5.32 Å². The number of hydrogen-bond acceptors (Lipinski definition) is 6. The Morgan fingerprint density at radius 3 is 2.59 bits per heavy atom. The summed E-state index contributed by atoms with van der Waals surface area (Å²) < 4.78 is 44.1. The van der Waals surface area contributed by atoms with Gasteiger partial charge in [-0.3, -0.25) is 14.7 Å². The highest BCUT2D eigenvalue weighted by Gasteiger charge is 2.34. The standard InChI is InChI=1S/C23H17F3N6OS/c1-13(29-21-27-12-28-22-32(21)30-14(2)34-22)18-11-15-7-6-10-17(23(24,25)26)19(15)20(33)31(18)16-8-4-3-5-9-16/h3-13H,1-2H3/p+1/t13-/m0/s1. The maximum atomic E-state index is 13.7. The van der Waals surface area contributed by atoms with E-state index < -0.39 is 23.3 Å². The lowest BCUT2D eigenvalue weighted by atomic mass is 10.0. The van der Waals surface area contributed by atoms with Crippen LogP contribution in [0.5, 0.6) is 0 Å². The number of pyridine rings is 1. The van der Waals surface area contributed by atoms with Crippen LogP contribution in [-0.2, 0) is 6.18 Å². The molecule has 5 aromatic rings. The lowest BCUT2D eigenvalue weighted by molar-refractivity contribution is -0.566. The van der Waals surface area contributed by atoms with Gasteiger partial charge in [0.2, 0.25) is 6.33 Å². The van der Waals surface area contributed by atoms with E-state index in [1.165, 1.54) is 34.4 Å². The molecule has 0 unspecified atom stereocenters. The number of nitrogens with one attached hydrogen (secondary N) is 1. The van der Waals surface area contributed by atoms with Crippen LogP contribution in [0.2, 0.25) is 0 Å². The lowest BCUT2D eigenvalue weighted by Gasteiger charge is -2.20. The van der Waals surface area contributed by atoms with Crippen LogP contribution in [0.1, 0.15) is 29.2 Å². The van der Waals surface area contributed by atoms with E-state index in [0.717, 1.165) is 11.1 Å². The predicted molar refractivity (Wildman–Crippen MR) is 122 cm³/mol. The number of hydrogen-bond donors (Lipinski definition) is 1. The van der Waals surface area contributed by atoms with Gasteiger partial charge in [0.1, 0.15) is 11.0 Å². The molecule has 2 aromatic carbocycles. The third-order valence-electron chi connectivity index (χ3n) is 5.39. The second-order valence-corrected chi connectivity index (χ2v) is 8.85. The van der Waals surface area contributed by atoms with Crippen molar-refractivity contribution >= 4 is 33.0 Å². The highest BCUT2D eigenvalue weighted by Crippen LogP contribution is 2.34. The van der Waals surface area contributed by atoms with Gasteiger partial charge >= 0.3 is 17.1 Å². The molecule has 0 spiro atoms. The fourth-order valence-electron chi connectivity index (χ4n) is 3.93. The molecule has 11 heteroatoms. The molecule has 0 aliphatic heterocycles. The number of alkyl halides is 3. The van der Waals surface area contributed by atoms with Crippen LogP contribution in [0.25, 0.3) is 21.4 Å². The van der Waals surface area contributed by atoms with E-state index in [9.17, 15) is 18.0 Å². The van der Waals surface area contributed by atoms with Crippen LogP contribution in [-0.4, -0.2) is 19.6 Å². The fraction of sp³-hybridized carbons (Fsp3) is 0.174. The molecule has 0 radical (unpaired) electrons. The summed E-state index contributed by atoms with van der Waals surface area (Å²) in [7, 11) is 0. The quantitative estimate of drug-likeness (QED) is 0.382. The van der Waals surface area contributed by atoms with E-state index in [1.54, 1.807) is 47.8 Å². The summed E-state index contributed by atoms with van der Waals surface area (Å²) >= 11 is 1.40. The van der Waals surface area contributed by atoms with E-state index in [-0.39, 0.29) is 10.8 Å². The van der Waals surface area contributed by atoms with Gasteiger partial charge in [-0.1, -0.05) is 56.2 Å². The van der Waals surface area contributed by atoms with Gasteiger partial charge in [0.15, 0.2) is 0 Å². The molecule has 3 aromatic heterocycles. The molecule has 0 bridgehead atoms. The number of benzene rings is 2. The first kappa shape index (κ1) is 22.0. The number of fused-ring (bicyclic) bond motifs is 2. The zero-order valence-electron chi connectivity index (χ0n) is 18.0. The van der Waals surface area contributed by atoms with Gasteiger partial charge in [-0.25, -0.2) is 0 Å². The fourth-order valence-corrected chi connectivity index (χ4v) is 4.63. The number of anilines is 1. The zero-order chi connectivity index (χ0) is 24.0. The molecule has 0 saturated heterocycles. The molecule has 3 heterocycles. The van der Waals surface area contributed by atoms with Gasteiger partial charge in [-0.05, 0) is 43.5 Å². The van der Waals surface area contributed by atoms with Gasteiger partial charge in [-0.2, -0.15) is 13.2 Å². The van der Waals surface area contributed by atoms with Crippen molar-refractivity contribution in [3.63, 3.8) is 0 Å². The summed E-state index contributed by atoms with van der Waals surface area (Å²) in [6, 6.07) is 13.4. The summed E-state index contributed by atoms with van der Waals surface area (Å²) in [5.74, 6) is 0.401. The predicted octanol–water partition coefficient (Wildman–Crippen LogP) is 4.48. The number of para-hydroxylation sites is 1. The summed E-state index contributed by atoms with van der Waals surface area (Å²) in [4.78, 5) is 22.7. The number of halogens is 3. The minimum atomic E-state index is -4.66. The molecule has 1 atom stereocenters. The maximum absolute atomic E-state index is 13.7. The first-order valence-electron chi connectivity index (χ1n) is 10.3. The van der Waals surface area contributed by atoms with E-state index in [4.69, 9.17) is 0 Å². The second-order valence-electron chi connectivity index (χ2n) is 7.69. The van der Waals surface area contributed by atoms with Gasteiger partial charge in [-0.15, -0.1) is 5.10 Å². The van der Waals surface area contributed by atoms with Crippen molar-refractivity contribution in [2.45, 2.75) is 26.1 Å². The van der Waals surface area contributed by atoms with Crippen molar-refractivity contribution in [1.29, 1.82) is 0 Å². The molecule has 7 nitrogen and oxygen atoms in total. The normalized spacial score (nSPS) is 12.9. The summed E-state index contributed by atoms with van der Waals surface area (Å²) in [5.41, 5.74) is -0.773. The third-order valence-corrected chi connectivity index (χ3v) is 6.23. The summed E-state index contributed by atoms with van der Waals surface area (Å²) in [6.07, 6.45) is -3.26. The topological polar surface area (TPSA) is 76.8 Å². The molecule has 1 N–H and O–H groups in total. The largest absolute Gasteiger partial charge is 0.417 e. The Kier molecular flexibility index (Phi) is 5.28. The van der Waals surface area contributed by atoms with Crippen LogP contribution in [0.4, 0.5) is 19.1 Å². The number of rotatable bonds is 4. The summed E-state index contributed by atoms with van der Waals surface area (Å²) in [6.45, 7) is 3.66. The van der Waals surface area contributed by atoms with E-state index in [1.807, 2.05) is 6.92 Å². The average Bonchev–Trinajstić information content (AvgIpc) is 3.19. The Bertz CT molecular complexity index is 1580. The average molecular weight is 483 g/mol. The third kappa shape index (κ3) is 3.77. The number of aryl methyl sites for hydroxylation is 1. The van der Waals surface area contributed by atoms with E-state index in [2.05, 4.69) is 20.4 Å². The highest BCUT2D eigenvalue weighted by atomic mass is 32.1. The minimum absolute atomic E-state index is 0.209. The molecule has 0 saturated carbocycles. The van der Waals surface area contributed by atoms with Crippen LogP contribution in [0.3, 0.4) is 0 Å². The Hall–Kier alpha value is -3.86. The number of aromatic nitrogens is 5. The Morgan fingerprint density at radius 1 is 1.09 bits per heavy atom. The van der Waals surface area contributed by atoms with E-state index >= 15 is 0 Å². The van der Waals surface area contributed by atoms with Gasteiger partial charge in [0, 0.05) is 5.69 Å². The van der Waals surface area contributed by atoms with Crippen molar-refractivity contribution in [1.82, 2.24) is 19.6 Å². The highest BCUT2D eigenvalue weighted by molar-refractivity contribution is 7.16. The van der Waals surface area contributed by atoms with Crippen molar-refractivity contribution in [2.24, 2.45) is 0 Å².